The summed E-state index contributed by atoms with van der Waals surface area (Å²) in [6.45, 7) is 4.61. The maximum Gasteiger partial charge on any atom is 0.160 e. The first-order valence-corrected chi connectivity index (χ1v) is 21.3. The van der Waals surface area contributed by atoms with E-state index in [9.17, 15) is 10.1 Å². The molecule has 0 atom stereocenters. The highest BCUT2D eigenvalue weighted by Gasteiger charge is 2.42. The van der Waals surface area contributed by atoms with E-state index in [1.54, 1.807) is 28.7 Å². The molecule has 0 fully saturated rings. The van der Waals surface area contributed by atoms with Crippen LogP contribution in [0.2, 0.25) is 0 Å². The van der Waals surface area contributed by atoms with Gasteiger partial charge in [-0.1, -0.05) is 124 Å². The number of fused-ring (bicyclic) bond motifs is 3. The zero-order valence-electron chi connectivity index (χ0n) is 31.9. The van der Waals surface area contributed by atoms with Gasteiger partial charge in [-0.3, -0.25) is 4.79 Å². The Labute approximate surface area is 338 Å². The van der Waals surface area contributed by atoms with Crippen LogP contribution in [0.5, 0.6) is 0 Å². The number of allylic oxidation sites excluding steroid dienone is 1. The summed E-state index contributed by atoms with van der Waals surface area (Å²) >= 11 is 3.42. The average Bonchev–Trinajstić information content (AvgIpc) is 3.98. The predicted molar refractivity (Wildman–Crippen MR) is 238 cm³/mol. The van der Waals surface area contributed by atoms with E-state index in [1.807, 2.05) is 12.1 Å². The van der Waals surface area contributed by atoms with Crippen molar-refractivity contribution in [2.75, 3.05) is 4.90 Å². The zero-order chi connectivity index (χ0) is 38.5. The standard InChI is InChI=1S/C51H44N2OS2/c1-3-5-29-51(30-6-4-2)46-20-14-13-19-43(46)44-27-23-38(32-47(44)51)45-33-49(56-50(45)48-28-26-42(55-48)31-36(34-52)35-54)37-21-24-41(25-22-37)53(39-15-9-7-10-16-39)40-17-11-8-12-18-40/h7-28,31-33,35H,3-6,29-30H2,1-2H3/b36-31+. The largest absolute Gasteiger partial charge is 0.311 e. The van der Waals surface area contributed by atoms with Crippen molar-refractivity contribution in [3.63, 3.8) is 0 Å². The highest BCUT2D eigenvalue weighted by atomic mass is 32.1. The van der Waals surface area contributed by atoms with Crippen LogP contribution in [0.4, 0.5) is 17.1 Å². The molecule has 5 aromatic carbocycles. The van der Waals surface area contributed by atoms with E-state index in [0.29, 0.717) is 6.29 Å². The molecule has 2 aromatic heterocycles. The van der Waals surface area contributed by atoms with Crippen LogP contribution in [0.3, 0.4) is 0 Å². The topological polar surface area (TPSA) is 44.1 Å². The highest BCUT2D eigenvalue weighted by Crippen LogP contribution is 2.56. The van der Waals surface area contributed by atoms with E-state index in [-0.39, 0.29) is 11.0 Å². The van der Waals surface area contributed by atoms with E-state index < -0.39 is 0 Å². The minimum absolute atomic E-state index is 0.00436. The van der Waals surface area contributed by atoms with Gasteiger partial charge in [0.15, 0.2) is 6.29 Å². The smallest absolute Gasteiger partial charge is 0.160 e. The van der Waals surface area contributed by atoms with Gasteiger partial charge in [-0.15, -0.1) is 22.7 Å². The molecule has 0 radical (unpaired) electrons. The Hall–Kier alpha value is -5.80. The van der Waals surface area contributed by atoms with Gasteiger partial charge in [0.25, 0.3) is 0 Å². The molecular weight excluding hydrogens is 721 g/mol. The number of carbonyl (C=O) groups excluding carboxylic acids is 1. The summed E-state index contributed by atoms with van der Waals surface area (Å²) < 4.78 is 0. The normalized spacial score (nSPS) is 12.8. The summed E-state index contributed by atoms with van der Waals surface area (Å²) in [6.07, 6.45) is 9.32. The van der Waals surface area contributed by atoms with E-state index in [2.05, 4.69) is 158 Å². The summed E-state index contributed by atoms with van der Waals surface area (Å²) in [6, 6.07) is 54.7. The van der Waals surface area contributed by atoms with Crippen LogP contribution in [0.25, 0.3) is 48.5 Å². The molecule has 0 amide bonds. The second-order valence-corrected chi connectivity index (χ2v) is 16.7. The third kappa shape index (κ3) is 7.07. The average molecular weight is 765 g/mol. The summed E-state index contributed by atoms with van der Waals surface area (Å²) in [5.74, 6) is 0. The van der Waals surface area contributed by atoms with Crippen molar-refractivity contribution in [2.24, 2.45) is 0 Å². The Morgan fingerprint density at radius 3 is 1.88 bits per heavy atom. The van der Waals surface area contributed by atoms with E-state index >= 15 is 0 Å². The summed E-state index contributed by atoms with van der Waals surface area (Å²) in [7, 11) is 0. The van der Waals surface area contributed by atoms with Crippen molar-refractivity contribution in [1.29, 1.82) is 5.26 Å². The SMILES string of the molecule is CCCCC1(CCCC)c2ccccc2-c2ccc(-c3cc(-c4ccc(N(c5ccccc5)c5ccccc5)cc4)sc3-c3ccc(/C=C(\C#N)C=O)s3)cc21. The van der Waals surface area contributed by atoms with Gasteiger partial charge in [0, 0.05) is 42.7 Å². The molecule has 2 heterocycles. The first-order chi connectivity index (χ1) is 27.6. The monoisotopic (exact) mass is 764 g/mol. The minimum Gasteiger partial charge on any atom is -0.311 e. The molecule has 3 nitrogen and oxygen atoms in total. The zero-order valence-corrected chi connectivity index (χ0v) is 33.5. The van der Waals surface area contributed by atoms with Crippen molar-refractivity contribution in [1.82, 2.24) is 0 Å². The minimum atomic E-state index is -0.00436. The lowest BCUT2D eigenvalue weighted by Crippen LogP contribution is -2.25. The van der Waals surface area contributed by atoms with E-state index in [1.165, 1.54) is 68.8 Å². The summed E-state index contributed by atoms with van der Waals surface area (Å²) in [5, 5.41) is 9.46. The lowest BCUT2D eigenvalue weighted by atomic mass is 9.70. The molecule has 1 aliphatic carbocycles. The Bertz CT molecular complexity index is 2490. The number of anilines is 3. The van der Waals surface area contributed by atoms with Crippen molar-refractivity contribution in [3.8, 4) is 48.5 Å². The molecule has 5 heteroatoms. The van der Waals surface area contributed by atoms with Gasteiger partial charge >= 0.3 is 0 Å². The fourth-order valence-electron chi connectivity index (χ4n) is 8.35. The molecule has 7 aromatic rings. The van der Waals surface area contributed by atoms with Gasteiger partial charge < -0.3 is 4.90 Å². The highest BCUT2D eigenvalue weighted by molar-refractivity contribution is 7.24. The number of hydrogen-bond donors (Lipinski definition) is 0. The molecule has 1 aliphatic rings. The molecular formula is C51H44N2OS2. The molecule has 276 valence electrons. The third-order valence-corrected chi connectivity index (χ3v) is 13.5. The van der Waals surface area contributed by atoms with Gasteiger partial charge in [-0.05, 0) is 113 Å². The number of nitriles is 1. The molecule has 0 unspecified atom stereocenters. The molecule has 0 spiro atoms. The Morgan fingerprint density at radius 1 is 0.625 bits per heavy atom. The Kier molecular flexibility index (Phi) is 11.0. The number of aldehydes is 1. The number of thiophene rings is 2. The van der Waals surface area contributed by atoms with Crippen LogP contribution in [-0.2, 0) is 10.2 Å². The molecule has 56 heavy (non-hydrogen) atoms. The van der Waals surface area contributed by atoms with Gasteiger partial charge in [-0.25, -0.2) is 0 Å². The van der Waals surface area contributed by atoms with Crippen LogP contribution >= 0.6 is 22.7 Å². The summed E-state index contributed by atoms with van der Waals surface area (Å²) in [5.41, 5.74) is 12.7. The number of carbonyl (C=O) groups is 1. The molecule has 0 aliphatic heterocycles. The van der Waals surface area contributed by atoms with Gasteiger partial charge in [-0.2, -0.15) is 5.26 Å². The summed E-state index contributed by atoms with van der Waals surface area (Å²) in [4.78, 5) is 18.2. The maximum absolute atomic E-state index is 11.5. The maximum atomic E-state index is 11.5. The van der Waals surface area contributed by atoms with Crippen LogP contribution in [0, 0.1) is 11.3 Å². The van der Waals surface area contributed by atoms with E-state index in [0.717, 1.165) is 45.2 Å². The number of para-hydroxylation sites is 2. The fourth-order valence-corrected chi connectivity index (χ4v) is 10.6. The second-order valence-electron chi connectivity index (χ2n) is 14.5. The van der Waals surface area contributed by atoms with Crippen LogP contribution in [-0.4, -0.2) is 6.29 Å². The lowest BCUT2D eigenvalue weighted by Gasteiger charge is -2.33. The third-order valence-electron chi connectivity index (χ3n) is 11.1. The lowest BCUT2D eigenvalue weighted by molar-refractivity contribution is -0.104. The Morgan fingerprint density at radius 2 is 1.23 bits per heavy atom. The molecule has 0 bridgehead atoms. The predicted octanol–water partition coefficient (Wildman–Crippen LogP) is 15.0. The fraction of sp³-hybridized carbons (Fsp3) is 0.176. The van der Waals surface area contributed by atoms with Crippen molar-refractivity contribution >= 4 is 52.1 Å². The van der Waals surface area contributed by atoms with Crippen molar-refractivity contribution in [3.05, 3.63) is 167 Å². The van der Waals surface area contributed by atoms with Crippen molar-refractivity contribution < 1.29 is 4.79 Å². The number of hydrogen-bond acceptors (Lipinski definition) is 5. The van der Waals surface area contributed by atoms with E-state index in [4.69, 9.17) is 0 Å². The Balaban J connectivity index is 1.25. The molecule has 8 rings (SSSR count). The molecule has 0 saturated carbocycles. The van der Waals surface area contributed by atoms with Gasteiger partial charge in [0.05, 0.1) is 10.5 Å². The number of nitrogens with zero attached hydrogens (tertiary/aromatic N) is 2. The number of rotatable bonds is 14. The quantitative estimate of drug-likeness (QED) is 0.0629. The van der Waals surface area contributed by atoms with Gasteiger partial charge in [0.1, 0.15) is 6.07 Å². The second kappa shape index (κ2) is 16.5. The number of unbranched alkanes of at least 4 members (excludes halogenated alkanes) is 2. The van der Waals surface area contributed by atoms with Crippen LogP contribution in [0.1, 0.15) is 68.4 Å². The number of benzene rings is 5. The van der Waals surface area contributed by atoms with Gasteiger partial charge in [0.2, 0.25) is 0 Å². The first-order valence-electron chi connectivity index (χ1n) is 19.6. The van der Waals surface area contributed by atoms with Crippen LogP contribution < -0.4 is 4.90 Å². The van der Waals surface area contributed by atoms with Crippen LogP contribution in [0.15, 0.2) is 151 Å². The first kappa shape index (κ1) is 37.1. The molecule has 0 saturated heterocycles. The molecule has 0 N–H and O–H groups in total. The van der Waals surface area contributed by atoms with Crippen molar-refractivity contribution in [2.45, 2.75) is 57.8 Å².